The Morgan fingerprint density at radius 2 is 1.81 bits per heavy atom. The third-order valence-corrected chi connectivity index (χ3v) is 4.34. The van der Waals surface area contributed by atoms with E-state index in [9.17, 15) is 14.4 Å². The molecule has 0 spiro atoms. The third kappa shape index (κ3) is 4.59. The number of nitrogens with one attached hydrogen (secondary N) is 1. The van der Waals surface area contributed by atoms with Gasteiger partial charge in [-0.15, -0.1) is 0 Å². The molecule has 0 aliphatic rings. The average Bonchev–Trinajstić information content (AvgIpc) is 2.59. The largest absolute Gasteiger partial charge is 0.368 e. The number of hydrogen-bond donors (Lipinski definition) is 2. The van der Waals surface area contributed by atoms with Crippen LogP contribution in [0.5, 0.6) is 0 Å². The molecule has 1 aromatic heterocycles. The van der Waals surface area contributed by atoms with Gasteiger partial charge in [-0.2, -0.15) is 0 Å². The maximum absolute atomic E-state index is 12.8. The summed E-state index contributed by atoms with van der Waals surface area (Å²) in [6, 6.07) is 10.7. The number of nitrogens with two attached hydrogens (primary N) is 1. The van der Waals surface area contributed by atoms with E-state index in [1.807, 2.05) is 30.3 Å². The summed E-state index contributed by atoms with van der Waals surface area (Å²) in [5.41, 5.74) is 6.70. The SMILES string of the molecule is Cc1ccn(CCc2ccccc2)c(=O)c1C(=O)N[C@H](C(N)=O)C(C)C. The Balaban J connectivity index is 2.24. The predicted octanol–water partition coefficient (Wildman–Crippen LogP) is 1.64. The van der Waals surface area contributed by atoms with Gasteiger partial charge in [0, 0.05) is 12.7 Å². The Hall–Kier alpha value is -2.89. The average molecular weight is 355 g/mol. The smallest absolute Gasteiger partial charge is 0.263 e. The second-order valence-corrected chi connectivity index (χ2v) is 6.71. The molecule has 6 heteroatoms. The first-order chi connectivity index (χ1) is 12.3. The van der Waals surface area contributed by atoms with Crippen LogP contribution in [-0.4, -0.2) is 22.4 Å². The first-order valence-corrected chi connectivity index (χ1v) is 8.65. The molecule has 2 amide bonds. The normalized spacial score (nSPS) is 12.0. The predicted molar refractivity (Wildman–Crippen MR) is 101 cm³/mol. The van der Waals surface area contributed by atoms with E-state index in [1.165, 1.54) is 4.57 Å². The summed E-state index contributed by atoms with van der Waals surface area (Å²) in [4.78, 5) is 36.9. The second-order valence-electron chi connectivity index (χ2n) is 6.71. The molecule has 26 heavy (non-hydrogen) atoms. The van der Waals surface area contributed by atoms with Crippen molar-refractivity contribution in [3.63, 3.8) is 0 Å². The molecule has 0 saturated heterocycles. The van der Waals surface area contributed by atoms with Crippen molar-refractivity contribution >= 4 is 11.8 Å². The molecule has 2 aromatic rings. The van der Waals surface area contributed by atoms with E-state index in [1.54, 1.807) is 33.0 Å². The number of benzene rings is 1. The molecule has 2 rings (SSSR count). The summed E-state index contributed by atoms with van der Waals surface area (Å²) in [6.07, 6.45) is 2.37. The summed E-state index contributed by atoms with van der Waals surface area (Å²) < 4.78 is 1.52. The first kappa shape index (κ1) is 19.4. The summed E-state index contributed by atoms with van der Waals surface area (Å²) >= 11 is 0. The van der Waals surface area contributed by atoms with Crippen LogP contribution >= 0.6 is 0 Å². The number of hydrogen-bond acceptors (Lipinski definition) is 3. The first-order valence-electron chi connectivity index (χ1n) is 8.65. The molecule has 0 saturated carbocycles. The molecule has 6 nitrogen and oxygen atoms in total. The van der Waals surface area contributed by atoms with Crippen LogP contribution in [0.1, 0.15) is 35.3 Å². The van der Waals surface area contributed by atoms with Crippen molar-refractivity contribution in [1.29, 1.82) is 0 Å². The van der Waals surface area contributed by atoms with Gasteiger partial charge >= 0.3 is 0 Å². The molecule has 0 aliphatic carbocycles. The molecule has 138 valence electrons. The lowest BCUT2D eigenvalue weighted by Crippen LogP contribution is -2.49. The van der Waals surface area contributed by atoms with Gasteiger partial charge in [0.2, 0.25) is 5.91 Å². The van der Waals surface area contributed by atoms with Crippen molar-refractivity contribution in [2.75, 3.05) is 0 Å². The lowest BCUT2D eigenvalue weighted by molar-refractivity contribution is -0.120. The van der Waals surface area contributed by atoms with Gasteiger partial charge in [0.05, 0.1) is 0 Å². The van der Waals surface area contributed by atoms with Crippen molar-refractivity contribution in [3.05, 3.63) is 69.6 Å². The summed E-state index contributed by atoms with van der Waals surface area (Å²) in [5, 5.41) is 2.59. The molecule has 1 heterocycles. The van der Waals surface area contributed by atoms with Crippen molar-refractivity contribution in [3.8, 4) is 0 Å². The summed E-state index contributed by atoms with van der Waals surface area (Å²) in [5.74, 6) is -1.36. The van der Waals surface area contributed by atoms with Gasteiger partial charge in [0.15, 0.2) is 0 Å². The van der Waals surface area contributed by atoms with Crippen LogP contribution in [0.25, 0.3) is 0 Å². The maximum Gasteiger partial charge on any atom is 0.263 e. The van der Waals surface area contributed by atoms with E-state index >= 15 is 0 Å². The van der Waals surface area contributed by atoms with Crippen molar-refractivity contribution in [2.24, 2.45) is 11.7 Å². The van der Waals surface area contributed by atoms with Crippen molar-refractivity contribution in [2.45, 2.75) is 39.8 Å². The van der Waals surface area contributed by atoms with Crippen LogP contribution in [0.15, 0.2) is 47.4 Å². The molecule has 1 aromatic carbocycles. The minimum absolute atomic E-state index is 0.0486. The maximum atomic E-state index is 12.8. The molecule has 0 aliphatic heterocycles. The van der Waals surface area contributed by atoms with E-state index in [4.69, 9.17) is 5.73 Å². The van der Waals surface area contributed by atoms with Crippen LogP contribution in [0.4, 0.5) is 0 Å². The van der Waals surface area contributed by atoms with E-state index in [-0.39, 0.29) is 17.0 Å². The van der Waals surface area contributed by atoms with Crippen LogP contribution in [0, 0.1) is 12.8 Å². The third-order valence-electron chi connectivity index (χ3n) is 4.34. The number of aromatic nitrogens is 1. The van der Waals surface area contributed by atoms with Gasteiger partial charge < -0.3 is 15.6 Å². The van der Waals surface area contributed by atoms with Crippen LogP contribution in [0.2, 0.25) is 0 Å². The number of rotatable bonds is 7. The highest BCUT2D eigenvalue weighted by atomic mass is 16.2. The van der Waals surface area contributed by atoms with E-state index < -0.39 is 17.9 Å². The number of nitrogens with zero attached hydrogens (tertiary/aromatic N) is 1. The van der Waals surface area contributed by atoms with Gasteiger partial charge in [-0.25, -0.2) is 0 Å². The Morgan fingerprint density at radius 1 is 1.15 bits per heavy atom. The zero-order valence-corrected chi connectivity index (χ0v) is 15.4. The van der Waals surface area contributed by atoms with Gasteiger partial charge in [-0.05, 0) is 36.5 Å². The highest BCUT2D eigenvalue weighted by Gasteiger charge is 2.24. The lowest BCUT2D eigenvalue weighted by atomic mass is 10.0. The van der Waals surface area contributed by atoms with Crippen LogP contribution in [0.3, 0.4) is 0 Å². The highest BCUT2D eigenvalue weighted by molar-refractivity contribution is 5.98. The number of carbonyl (C=O) groups excluding carboxylic acids is 2. The Kier molecular flexibility index (Phi) is 6.33. The van der Waals surface area contributed by atoms with Crippen LogP contribution < -0.4 is 16.6 Å². The number of aryl methyl sites for hydroxylation is 3. The Morgan fingerprint density at radius 3 is 2.38 bits per heavy atom. The summed E-state index contributed by atoms with van der Waals surface area (Å²) in [7, 11) is 0. The fourth-order valence-electron chi connectivity index (χ4n) is 2.79. The Bertz CT molecular complexity index is 841. The zero-order valence-electron chi connectivity index (χ0n) is 15.4. The minimum atomic E-state index is -0.820. The van der Waals surface area contributed by atoms with Crippen LogP contribution in [-0.2, 0) is 17.8 Å². The quantitative estimate of drug-likeness (QED) is 0.790. The molecule has 1 atom stereocenters. The standard InChI is InChI=1S/C20H25N3O3/c1-13(2)17(18(21)24)22-19(25)16-14(3)9-11-23(20(16)26)12-10-15-7-5-4-6-8-15/h4-9,11,13,17H,10,12H2,1-3H3,(H2,21,24)(H,22,25)/t17-/m0/s1. The van der Waals surface area contributed by atoms with E-state index in [0.29, 0.717) is 18.5 Å². The number of pyridine rings is 1. The topological polar surface area (TPSA) is 94.2 Å². The molecular weight excluding hydrogens is 330 g/mol. The fourth-order valence-corrected chi connectivity index (χ4v) is 2.79. The van der Waals surface area contributed by atoms with Gasteiger partial charge in [0.1, 0.15) is 11.6 Å². The molecular formula is C20H25N3O3. The lowest BCUT2D eigenvalue weighted by Gasteiger charge is -2.19. The van der Waals surface area contributed by atoms with Gasteiger partial charge in [-0.3, -0.25) is 14.4 Å². The highest BCUT2D eigenvalue weighted by Crippen LogP contribution is 2.07. The van der Waals surface area contributed by atoms with Crippen molar-refractivity contribution < 1.29 is 9.59 Å². The second kappa shape index (κ2) is 8.47. The number of amides is 2. The minimum Gasteiger partial charge on any atom is -0.368 e. The van der Waals surface area contributed by atoms with E-state index in [0.717, 1.165) is 5.56 Å². The molecule has 0 radical (unpaired) electrons. The van der Waals surface area contributed by atoms with Gasteiger partial charge in [-0.1, -0.05) is 44.2 Å². The molecule has 0 fully saturated rings. The fraction of sp³-hybridized carbons (Fsp3) is 0.350. The molecule has 3 N–H and O–H groups in total. The zero-order chi connectivity index (χ0) is 19.3. The number of primary amides is 1. The van der Waals surface area contributed by atoms with Crippen molar-refractivity contribution in [1.82, 2.24) is 9.88 Å². The Labute approximate surface area is 153 Å². The summed E-state index contributed by atoms with van der Waals surface area (Å²) in [6.45, 7) is 5.73. The monoisotopic (exact) mass is 355 g/mol. The molecule has 0 unspecified atom stereocenters. The van der Waals surface area contributed by atoms with E-state index in [2.05, 4.69) is 5.32 Å². The van der Waals surface area contributed by atoms with Gasteiger partial charge in [0.25, 0.3) is 11.5 Å². The molecule has 0 bridgehead atoms. The number of carbonyl (C=O) groups is 2.